The lowest BCUT2D eigenvalue weighted by atomic mass is 10.1. The Kier molecular flexibility index (Phi) is 7.50. The molecule has 150 valence electrons. The third kappa shape index (κ3) is 5.92. The number of nitrogens with zero attached hydrogens (tertiary/aromatic N) is 2. The molecular weight excluding hydrogens is 340 g/mol. The van der Waals surface area contributed by atoms with Gasteiger partial charge in [0.1, 0.15) is 0 Å². The average Bonchev–Trinajstić information content (AvgIpc) is 2.70. The Morgan fingerprint density at radius 3 is 2.44 bits per heavy atom. The molecule has 0 spiro atoms. The molecule has 2 heterocycles. The molecular formula is C21H34N4O2. The Balaban J connectivity index is 1.44. The topological polar surface area (TPSA) is 56.8 Å². The van der Waals surface area contributed by atoms with E-state index in [0.717, 1.165) is 64.5 Å². The van der Waals surface area contributed by atoms with Crippen LogP contribution in [-0.2, 0) is 4.74 Å². The van der Waals surface area contributed by atoms with Crippen LogP contribution in [0.2, 0.25) is 0 Å². The van der Waals surface area contributed by atoms with Crippen LogP contribution in [0.15, 0.2) is 24.3 Å². The van der Waals surface area contributed by atoms with E-state index in [-0.39, 0.29) is 12.1 Å². The number of rotatable bonds is 6. The second-order valence-corrected chi connectivity index (χ2v) is 7.66. The first-order chi connectivity index (χ1) is 13.2. The minimum absolute atomic E-state index is 0.0991. The number of anilines is 1. The maximum atomic E-state index is 12.3. The number of nitrogens with one attached hydrogen (secondary N) is 2. The van der Waals surface area contributed by atoms with Crippen LogP contribution in [0.5, 0.6) is 0 Å². The van der Waals surface area contributed by atoms with E-state index in [1.54, 1.807) is 0 Å². The summed E-state index contributed by atoms with van der Waals surface area (Å²) in [7, 11) is 0. The number of ether oxygens (including phenoxy) is 1. The number of morpholine rings is 1. The number of urea groups is 1. The van der Waals surface area contributed by atoms with Crippen molar-refractivity contribution in [1.29, 1.82) is 0 Å². The highest BCUT2D eigenvalue weighted by Gasteiger charge is 2.21. The summed E-state index contributed by atoms with van der Waals surface area (Å²) in [5, 5.41) is 6.09. The molecule has 27 heavy (non-hydrogen) atoms. The lowest BCUT2D eigenvalue weighted by molar-refractivity contribution is 0.0198. The van der Waals surface area contributed by atoms with Crippen molar-refractivity contribution in [3.05, 3.63) is 29.8 Å². The van der Waals surface area contributed by atoms with Gasteiger partial charge in [0.25, 0.3) is 0 Å². The van der Waals surface area contributed by atoms with Crippen molar-refractivity contribution in [3.8, 4) is 0 Å². The molecule has 6 nitrogen and oxygen atoms in total. The second-order valence-electron chi connectivity index (χ2n) is 7.66. The second kappa shape index (κ2) is 10.1. The van der Waals surface area contributed by atoms with Gasteiger partial charge in [-0.25, -0.2) is 4.79 Å². The first-order valence-corrected chi connectivity index (χ1v) is 10.4. The van der Waals surface area contributed by atoms with E-state index in [4.69, 9.17) is 4.74 Å². The molecule has 2 saturated heterocycles. The minimum atomic E-state index is -0.0991. The zero-order valence-electron chi connectivity index (χ0n) is 16.7. The maximum absolute atomic E-state index is 12.3. The van der Waals surface area contributed by atoms with E-state index in [9.17, 15) is 4.79 Å². The summed E-state index contributed by atoms with van der Waals surface area (Å²) >= 11 is 0. The van der Waals surface area contributed by atoms with Crippen molar-refractivity contribution in [2.24, 2.45) is 0 Å². The molecule has 1 atom stereocenters. The van der Waals surface area contributed by atoms with Crippen LogP contribution < -0.4 is 10.6 Å². The SMILES string of the molecule is CCCN1CCC(NC(=O)Nc2ccc(C(C)N3CCOCC3)cc2)CC1. The molecule has 3 rings (SSSR count). The molecule has 1 aromatic carbocycles. The number of likely N-dealkylation sites (tertiary alicyclic amines) is 1. The standard InChI is InChI=1S/C21H34N4O2/c1-3-10-24-11-8-20(9-12-24)23-21(26)22-19-6-4-18(5-7-19)17(2)25-13-15-27-16-14-25/h4-7,17,20H,3,8-16H2,1-2H3,(H2,22,23,26). The zero-order chi connectivity index (χ0) is 19.1. The summed E-state index contributed by atoms with van der Waals surface area (Å²) in [5.74, 6) is 0. The molecule has 2 N–H and O–H groups in total. The lowest BCUT2D eigenvalue weighted by Crippen LogP contribution is -2.46. The van der Waals surface area contributed by atoms with Crippen LogP contribution in [0.1, 0.15) is 44.7 Å². The monoisotopic (exact) mass is 374 g/mol. The van der Waals surface area contributed by atoms with Crippen LogP contribution in [0.25, 0.3) is 0 Å². The van der Waals surface area contributed by atoms with Gasteiger partial charge in [-0.05, 0) is 50.4 Å². The lowest BCUT2D eigenvalue weighted by Gasteiger charge is -2.32. The van der Waals surface area contributed by atoms with Crippen LogP contribution in [0, 0.1) is 0 Å². The molecule has 2 fully saturated rings. The van der Waals surface area contributed by atoms with E-state index < -0.39 is 0 Å². The van der Waals surface area contributed by atoms with Crippen molar-refractivity contribution in [1.82, 2.24) is 15.1 Å². The van der Waals surface area contributed by atoms with E-state index in [1.165, 1.54) is 12.0 Å². The van der Waals surface area contributed by atoms with Gasteiger partial charge in [-0.3, -0.25) is 4.90 Å². The van der Waals surface area contributed by atoms with Crippen molar-refractivity contribution >= 4 is 11.7 Å². The largest absolute Gasteiger partial charge is 0.379 e. The van der Waals surface area contributed by atoms with Crippen molar-refractivity contribution in [2.75, 3.05) is 51.3 Å². The van der Waals surface area contributed by atoms with Crippen molar-refractivity contribution < 1.29 is 9.53 Å². The molecule has 0 aliphatic carbocycles. The number of carbonyl (C=O) groups excluding carboxylic acids is 1. The molecule has 0 radical (unpaired) electrons. The van der Waals surface area contributed by atoms with E-state index in [0.29, 0.717) is 6.04 Å². The van der Waals surface area contributed by atoms with Gasteiger partial charge in [0, 0.05) is 44.0 Å². The van der Waals surface area contributed by atoms with Gasteiger partial charge in [-0.1, -0.05) is 19.1 Å². The molecule has 2 amide bonds. The quantitative estimate of drug-likeness (QED) is 0.803. The van der Waals surface area contributed by atoms with Crippen molar-refractivity contribution in [2.45, 2.75) is 45.2 Å². The predicted molar refractivity (Wildman–Crippen MR) is 109 cm³/mol. The number of amides is 2. The van der Waals surface area contributed by atoms with E-state index in [2.05, 4.69) is 46.4 Å². The van der Waals surface area contributed by atoms with Crippen LogP contribution in [0.3, 0.4) is 0 Å². The number of hydrogen-bond donors (Lipinski definition) is 2. The Bertz CT molecular complexity index is 578. The summed E-state index contributed by atoms with van der Waals surface area (Å²) in [6.45, 7) is 11.3. The van der Waals surface area contributed by atoms with Gasteiger partial charge in [0.15, 0.2) is 0 Å². The highest BCUT2D eigenvalue weighted by Crippen LogP contribution is 2.22. The smallest absolute Gasteiger partial charge is 0.319 e. The van der Waals surface area contributed by atoms with Gasteiger partial charge in [0.05, 0.1) is 13.2 Å². The molecule has 2 aliphatic rings. The zero-order valence-corrected chi connectivity index (χ0v) is 16.7. The minimum Gasteiger partial charge on any atom is -0.379 e. The molecule has 2 aliphatic heterocycles. The van der Waals surface area contributed by atoms with Crippen molar-refractivity contribution in [3.63, 3.8) is 0 Å². The fourth-order valence-electron chi connectivity index (χ4n) is 3.99. The van der Waals surface area contributed by atoms with Crippen LogP contribution in [0.4, 0.5) is 10.5 Å². The highest BCUT2D eigenvalue weighted by molar-refractivity contribution is 5.89. The number of carbonyl (C=O) groups is 1. The molecule has 0 aromatic heterocycles. The Labute approximate surface area is 163 Å². The van der Waals surface area contributed by atoms with Gasteiger partial charge in [0.2, 0.25) is 0 Å². The van der Waals surface area contributed by atoms with Gasteiger partial charge < -0.3 is 20.3 Å². The Morgan fingerprint density at radius 2 is 1.81 bits per heavy atom. The number of hydrogen-bond acceptors (Lipinski definition) is 4. The normalized spacial score (nSPS) is 21.0. The van der Waals surface area contributed by atoms with Gasteiger partial charge in [-0.2, -0.15) is 0 Å². The molecule has 1 unspecified atom stereocenters. The predicted octanol–water partition coefficient (Wildman–Crippen LogP) is 3.08. The molecule has 6 heteroatoms. The summed E-state index contributed by atoms with van der Waals surface area (Å²) in [4.78, 5) is 17.2. The Hall–Kier alpha value is -1.63. The highest BCUT2D eigenvalue weighted by atomic mass is 16.5. The third-order valence-electron chi connectivity index (χ3n) is 5.71. The molecule has 0 saturated carbocycles. The summed E-state index contributed by atoms with van der Waals surface area (Å²) in [6.07, 6.45) is 3.26. The average molecular weight is 375 g/mol. The summed E-state index contributed by atoms with van der Waals surface area (Å²) < 4.78 is 5.43. The first kappa shape index (κ1) is 20.1. The van der Waals surface area contributed by atoms with Gasteiger partial charge >= 0.3 is 6.03 Å². The van der Waals surface area contributed by atoms with E-state index in [1.807, 2.05) is 12.1 Å². The Morgan fingerprint density at radius 1 is 1.15 bits per heavy atom. The maximum Gasteiger partial charge on any atom is 0.319 e. The summed E-state index contributed by atoms with van der Waals surface area (Å²) in [5.41, 5.74) is 2.11. The van der Waals surface area contributed by atoms with Crippen LogP contribution >= 0.6 is 0 Å². The van der Waals surface area contributed by atoms with E-state index >= 15 is 0 Å². The fourth-order valence-corrected chi connectivity index (χ4v) is 3.99. The van der Waals surface area contributed by atoms with Gasteiger partial charge in [-0.15, -0.1) is 0 Å². The number of piperidine rings is 1. The first-order valence-electron chi connectivity index (χ1n) is 10.4. The molecule has 1 aromatic rings. The summed E-state index contributed by atoms with van der Waals surface area (Å²) in [6, 6.07) is 8.75. The number of benzene rings is 1. The fraction of sp³-hybridized carbons (Fsp3) is 0.667. The molecule has 0 bridgehead atoms. The third-order valence-corrected chi connectivity index (χ3v) is 5.71. The van der Waals surface area contributed by atoms with Crippen LogP contribution in [-0.4, -0.2) is 67.8 Å².